The van der Waals surface area contributed by atoms with Crippen molar-refractivity contribution < 1.29 is 23.4 Å². The van der Waals surface area contributed by atoms with Gasteiger partial charge in [0, 0.05) is 24.2 Å². The number of halogens is 4. The smallest absolute Gasteiger partial charge is 0.320 e. The summed E-state index contributed by atoms with van der Waals surface area (Å²) in [6.45, 7) is 3.01. The number of aromatic nitrogens is 2. The summed E-state index contributed by atoms with van der Waals surface area (Å²) in [5.74, 6) is -3.06. The number of fused-ring (bicyclic) bond motifs is 1. The molecule has 12 heteroatoms. The van der Waals surface area contributed by atoms with Crippen LogP contribution < -0.4 is 5.32 Å². The topological polar surface area (TPSA) is 90.8 Å². The molecule has 1 aromatic heterocycles. The van der Waals surface area contributed by atoms with Gasteiger partial charge in [-0.25, -0.2) is 14.8 Å². The van der Waals surface area contributed by atoms with Crippen LogP contribution in [0.5, 0.6) is 0 Å². The Balaban J connectivity index is 1.57. The van der Waals surface area contributed by atoms with E-state index in [1.165, 1.54) is 12.1 Å². The van der Waals surface area contributed by atoms with Crippen molar-refractivity contribution in [2.45, 2.75) is 32.0 Å². The van der Waals surface area contributed by atoms with Crippen molar-refractivity contribution in [1.29, 1.82) is 0 Å². The lowest BCUT2D eigenvalue weighted by atomic mass is 10.0. The minimum absolute atomic E-state index is 0.00998. The summed E-state index contributed by atoms with van der Waals surface area (Å²) in [5.41, 5.74) is 1.29. The average Bonchev–Trinajstić information content (AvgIpc) is 3.23. The van der Waals surface area contributed by atoms with Crippen LogP contribution in [0.15, 0.2) is 18.2 Å². The number of carbonyl (C=O) groups is 1. The molecule has 0 spiro atoms. The first-order valence-electron chi connectivity index (χ1n) is 10.4. The van der Waals surface area contributed by atoms with Crippen molar-refractivity contribution in [3.05, 3.63) is 50.9 Å². The number of anilines is 1. The van der Waals surface area contributed by atoms with Gasteiger partial charge in [-0.3, -0.25) is 0 Å². The van der Waals surface area contributed by atoms with Gasteiger partial charge in [-0.15, -0.1) is 0 Å². The zero-order valence-electron chi connectivity index (χ0n) is 17.8. The molecule has 0 radical (unpaired) electrons. The summed E-state index contributed by atoms with van der Waals surface area (Å²) in [5, 5.41) is 12.1. The van der Waals surface area contributed by atoms with Crippen molar-refractivity contribution in [3.63, 3.8) is 0 Å². The maximum Gasteiger partial charge on any atom is 0.320 e. The van der Waals surface area contributed by atoms with Gasteiger partial charge in [0.05, 0.1) is 43.1 Å². The van der Waals surface area contributed by atoms with E-state index in [9.17, 15) is 13.6 Å². The van der Waals surface area contributed by atoms with E-state index in [0.717, 1.165) is 0 Å². The SMILES string of the molecule is CC(Nc1nc(Cl)nc2c1CN(C(=O)N1CCOCC1)C2)c1cccc(C(F)(F)CO)c1Cl. The van der Waals surface area contributed by atoms with E-state index in [4.69, 9.17) is 33.0 Å². The van der Waals surface area contributed by atoms with E-state index in [1.807, 2.05) is 0 Å². The van der Waals surface area contributed by atoms with Crippen LogP contribution in [0.1, 0.15) is 35.3 Å². The van der Waals surface area contributed by atoms with Crippen molar-refractivity contribution >= 4 is 35.1 Å². The fourth-order valence-electron chi connectivity index (χ4n) is 3.97. The first-order chi connectivity index (χ1) is 15.7. The summed E-state index contributed by atoms with van der Waals surface area (Å²) >= 11 is 12.4. The number of alkyl halides is 2. The summed E-state index contributed by atoms with van der Waals surface area (Å²) < 4.78 is 33.5. The van der Waals surface area contributed by atoms with Crippen LogP contribution in [-0.4, -0.2) is 63.8 Å². The third kappa shape index (κ3) is 4.84. The van der Waals surface area contributed by atoms with Crippen molar-refractivity contribution in [2.24, 2.45) is 0 Å². The van der Waals surface area contributed by atoms with Crippen LogP contribution in [0, 0.1) is 0 Å². The number of amides is 2. The first-order valence-corrected chi connectivity index (χ1v) is 11.2. The van der Waals surface area contributed by atoms with E-state index in [2.05, 4.69) is 15.3 Å². The van der Waals surface area contributed by atoms with Crippen LogP contribution in [-0.2, 0) is 23.7 Å². The van der Waals surface area contributed by atoms with Crippen LogP contribution in [0.4, 0.5) is 19.4 Å². The summed E-state index contributed by atoms with van der Waals surface area (Å²) in [4.78, 5) is 24.8. The van der Waals surface area contributed by atoms with Crippen molar-refractivity contribution in [2.75, 3.05) is 38.2 Å². The zero-order valence-corrected chi connectivity index (χ0v) is 19.3. The molecule has 2 amide bonds. The standard InChI is InChI=1S/C21H23Cl2F2N5O3/c1-12(13-3-2-4-15(17(13)22)21(24,25)11-31)26-18-14-9-30(10-16(14)27-19(23)28-18)20(32)29-5-7-33-8-6-29/h2-4,12,31H,5-11H2,1H3,(H,26,27,28). The predicted octanol–water partition coefficient (Wildman–Crippen LogP) is 3.81. The van der Waals surface area contributed by atoms with Gasteiger partial charge >= 0.3 is 6.03 Å². The number of aliphatic hydroxyl groups excluding tert-OH is 1. The Morgan fingerprint density at radius 2 is 1.97 bits per heavy atom. The van der Waals surface area contributed by atoms with Crippen LogP contribution in [0.2, 0.25) is 10.3 Å². The lowest BCUT2D eigenvalue weighted by Crippen LogP contribution is -2.46. The van der Waals surface area contributed by atoms with Gasteiger partial charge in [0.15, 0.2) is 0 Å². The Kier molecular flexibility index (Phi) is 6.90. The molecule has 3 heterocycles. The molecule has 0 bridgehead atoms. The molecule has 33 heavy (non-hydrogen) atoms. The van der Waals surface area contributed by atoms with Gasteiger partial charge in [-0.2, -0.15) is 8.78 Å². The highest BCUT2D eigenvalue weighted by Gasteiger charge is 2.35. The zero-order chi connectivity index (χ0) is 23.8. The van der Waals surface area contributed by atoms with E-state index in [-0.39, 0.29) is 29.4 Å². The maximum atomic E-state index is 14.1. The third-order valence-electron chi connectivity index (χ3n) is 5.75. The normalized spacial score (nSPS) is 17.2. The molecule has 0 aliphatic carbocycles. The van der Waals surface area contributed by atoms with Crippen LogP contribution in [0.3, 0.4) is 0 Å². The molecular formula is C21H23Cl2F2N5O3. The molecule has 0 saturated carbocycles. The number of aliphatic hydroxyl groups is 1. The molecular weight excluding hydrogens is 479 g/mol. The molecule has 2 N–H and O–H groups in total. The Labute approximate surface area is 199 Å². The minimum Gasteiger partial charge on any atom is -0.390 e. The molecule has 2 aliphatic heterocycles. The molecule has 1 unspecified atom stereocenters. The first kappa shape index (κ1) is 23.9. The Morgan fingerprint density at radius 1 is 1.24 bits per heavy atom. The van der Waals surface area contributed by atoms with Crippen molar-refractivity contribution in [1.82, 2.24) is 19.8 Å². The molecule has 1 atom stereocenters. The summed E-state index contributed by atoms with van der Waals surface area (Å²) in [6, 6.07) is 3.62. The number of morpholine rings is 1. The van der Waals surface area contributed by atoms with Gasteiger partial charge < -0.3 is 25.0 Å². The van der Waals surface area contributed by atoms with Gasteiger partial charge in [-0.1, -0.05) is 29.8 Å². The number of hydrogen-bond donors (Lipinski definition) is 2. The number of hydrogen-bond acceptors (Lipinski definition) is 6. The molecule has 4 rings (SSSR count). The van der Waals surface area contributed by atoms with Gasteiger partial charge in [-0.05, 0) is 24.1 Å². The molecule has 1 fully saturated rings. The number of ether oxygens (including phenoxy) is 1. The molecule has 2 aliphatic rings. The second kappa shape index (κ2) is 9.54. The number of carbonyl (C=O) groups excluding carboxylic acids is 1. The fraction of sp³-hybridized carbons (Fsp3) is 0.476. The van der Waals surface area contributed by atoms with Gasteiger partial charge in [0.2, 0.25) is 5.28 Å². The third-order valence-corrected chi connectivity index (χ3v) is 6.34. The van der Waals surface area contributed by atoms with Crippen LogP contribution in [0.25, 0.3) is 0 Å². The molecule has 8 nitrogen and oxygen atoms in total. The van der Waals surface area contributed by atoms with E-state index in [1.54, 1.807) is 22.8 Å². The number of benzene rings is 1. The highest BCUT2D eigenvalue weighted by Crippen LogP contribution is 2.38. The van der Waals surface area contributed by atoms with Gasteiger partial charge in [0.1, 0.15) is 12.4 Å². The Hall–Kier alpha value is -2.27. The summed E-state index contributed by atoms with van der Waals surface area (Å²) in [6.07, 6.45) is 0. The minimum atomic E-state index is -3.47. The van der Waals surface area contributed by atoms with E-state index in [0.29, 0.717) is 48.9 Å². The lowest BCUT2D eigenvalue weighted by molar-refractivity contribution is -0.0555. The highest BCUT2D eigenvalue weighted by atomic mass is 35.5. The number of urea groups is 1. The summed E-state index contributed by atoms with van der Waals surface area (Å²) in [7, 11) is 0. The number of nitrogens with zero attached hydrogens (tertiary/aromatic N) is 4. The second-order valence-corrected chi connectivity index (χ2v) is 8.66. The van der Waals surface area contributed by atoms with E-state index >= 15 is 0 Å². The van der Waals surface area contributed by atoms with E-state index < -0.39 is 24.1 Å². The second-order valence-electron chi connectivity index (χ2n) is 7.94. The van der Waals surface area contributed by atoms with Crippen LogP contribution >= 0.6 is 23.2 Å². The largest absolute Gasteiger partial charge is 0.390 e. The van der Waals surface area contributed by atoms with Gasteiger partial charge in [0.25, 0.3) is 5.92 Å². The highest BCUT2D eigenvalue weighted by molar-refractivity contribution is 6.32. The quantitative estimate of drug-likeness (QED) is 0.605. The molecule has 178 valence electrons. The lowest BCUT2D eigenvalue weighted by Gasteiger charge is -2.30. The average molecular weight is 502 g/mol. The number of rotatable bonds is 5. The Morgan fingerprint density at radius 3 is 2.67 bits per heavy atom. The molecule has 2 aromatic rings. The Bertz CT molecular complexity index is 1050. The fourth-order valence-corrected chi connectivity index (χ4v) is 4.58. The monoisotopic (exact) mass is 501 g/mol. The van der Waals surface area contributed by atoms with Crippen molar-refractivity contribution in [3.8, 4) is 0 Å². The maximum absolute atomic E-state index is 14.1. The molecule has 1 aromatic carbocycles. The number of nitrogens with one attached hydrogen (secondary N) is 1. The predicted molar refractivity (Wildman–Crippen MR) is 119 cm³/mol. The molecule has 1 saturated heterocycles.